The molecule has 0 unspecified atom stereocenters. The predicted octanol–water partition coefficient (Wildman–Crippen LogP) is 3.50. The zero-order valence-electron chi connectivity index (χ0n) is 11.4. The first-order valence-corrected chi connectivity index (χ1v) is 9.11. The summed E-state index contributed by atoms with van der Waals surface area (Å²) in [6.45, 7) is 0.654. The lowest BCUT2D eigenvalue weighted by molar-refractivity contribution is -0.127. The second-order valence-electron chi connectivity index (χ2n) is 4.48. The number of carbonyl (C=O) groups is 1. The van der Waals surface area contributed by atoms with Crippen LogP contribution < -0.4 is 0 Å². The highest BCUT2D eigenvalue weighted by atomic mass is 32.2. The maximum Gasteiger partial charge on any atom is 0.233 e. The van der Waals surface area contributed by atoms with E-state index in [-0.39, 0.29) is 5.91 Å². The molecule has 0 saturated carbocycles. The van der Waals surface area contributed by atoms with Gasteiger partial charge in [0.2, 0.25) is 5.91 Å². The Balaban J connectivity index is 1.61. The number of thioether (sulfide) groups is 1. The van der Waals surface area contributed by atoms with E-state index in [1.807, 2.05) is 29.9 Å². The van der Waals surface area contributed by atoms with Crippen LogP contribution in [0, 0.1) is 0 Å². The molecule has 7 heteroatoms. The molecule has 0 saturated heterocycles. The molecule has 3 aromatic heterocycles. The topological polar surface area (TPSA) is 46.1 Å². The molecule has 3 rings (SSSR count). The van der Waals surface area contributed by atoms with E-state index in [0.29, 0.717) is 12.3 Å². The van der Waals surface area contributed by atoms with Crippen molar-refractivity contribution < 1.29 is 4.79 Å². The molecule has 3 aromatic rings. The van der Waals surface area contributed by atoms with Gasteiger partial charge >= 0.3 is 0 Å². The highest BCUT2D eigenvalue weighted by Gasteiger charge is 2.12. The lowest BCUT2D eigenvalue weighted by atomic mass is 10.3. The zero-order valence-corrected chi connectivity index (χ0v) is 13.8. The SMILES string of the molecule is CN(Cc1ccsc1)C(=O)CSc1ncnc2ccsc12. The van der Waals surface area contributed by atoms with E-state index in [2.05, 4.69) is 15.3 Å². The molecule has 0 N–H and O–H groups in total. The van der Waals surface area contributed by atoms with Gasteiger partial charge in [0.1, 0.15) is 11.4 Å². The van der Waals surface area contributed by atoms with Crippen molar-refractivity contribution >= 4 is 50.6 Å². The van der Waals surface area contributed by atoms with Crippen LogP contribution >= 0.6 is 34.4 Å². The van der Waals surface area contributed by atoms with Crippen molar-refractivity contribution in [3.63, 3.8) is 0 Å². The van der Waals surface area contributed by atoms with Crippen LogP contribution in [0.4, 0.5) is 0 Å². The van der Waals surface area contributed by atoms with Crippen molar-refractivity contribution in [1.29, 1.82) is 0 Å². The van der Waals surface area contributed by atoms with Crippen molar-refractivity contribution in [2.75, 3.05) is 12.8 Å². The summed E-state index contributed by atoms with van der Waals surface area (Å²) in [5.41, 5.74) is 2.11. The summed E-state index contributed by atoms with van der Waals surface area (Å²) in [4.78, 5) is 22.4. The van der Waals surface area contributed by atoms with Crippen LogP contribution in [0.5, 0.6) is 0 Å². The Hall–Kier alpha value is -1.44. The first-order chi connectivity index (χ1) is 10.2. The summed E-state index contributed by atoms with van der Waals surface area (Å²) in [7, 11) is 1.83. The van der Waals surface area contributed by atoms with Gasteiger partial charge in [-0.25, -0.2) is 9.97 Å². The third kappa shape index (κ3) is 3.42. The summed E-state index contributed by atoms with van der Waals surface area (Å²) in [6, 6.07) is 4.01. The minimum atomic E-state index is 0.106. The number of hydrogen-bond donors (Lipinski definition) is 0. The van der Waals surface area contributed by atoms with Crippen LogP contribution in [0.15, 0.2) is 39.6 Å². The molecule has 0 fully saturated rings. The molecule has 0 atom stereocenters. The van der Waals surface area contributed by atoms with Crippen molar-refractivity contribution in [3.8, 4) is 0 Å². The number of carbonyl (C=O) groups excluding carboxylic acids is 1. The number of rotatable bonds is 5. The van der Waals surface area contributed by atoms with Crippen LogP contribution in [0.2, 0.25) is 0 Å². The van der Waals surface area contributed by atoms with E-state index in [1.54, 1.807) is 33.9 Å². The first-order valence-electron chi connectivity index (χ1n) is 6.30. The van der Waals surface area contributed by atoms with E-state index in [1.165, 1.54) is 17.3 Å². The molecule has 0 radical (unpaired) electrons. The Kier molecular flexibility index (Phi) is 4.52. The van der Waals surface area contributed by atoms with Gasteiger partial charge in [0.25, 0.3) is 0 Å². The lowest BCUT2D eigenvalue weighted by Crippen LogP contribution is -2.27. The van der Waals surface area contributed by atoms with Gasteiger partial charge in [-0.3, -0.25) is 4.79 Å². The molecular formula is C14H13N3OS3. The van der Waals surface area contributed by atoms with Gasteiger partial charge in [-0.05, 0) is 33.8 Å². The Morgan fingerprint density at radius 2 is 2.24 bits per heavy atom. The molecule has 21 heavy (non-hydrogen) atoms. The number of amides is 1. The van der Waals surface area contributed by atoms with Gasteiger partial charge in [-0.2, -0.15) is 11.3 Å². The second kappa shape index (κ2) is 6.55. The fraction of sp³-hybridized carbons (Fsp3) is 0.214. The molecule has 3 heterocycles. The predicted molar refractivity (Wildman–Crippen MR) is 88.9 cm³/mol. The third-order valence-corrected chi connectivity index (χ3v) is 5.71. The van der Waals surface area contributed by atoms with Crippen molar-refractivity contribution in [2.24, 2.45) is 0 Å². The van der Waals surface area contributed by atoms with Gasteiger partial charge in [-0.1, -0.05) is 11.8 Å². The highest BCUT2D eigenvalue weighted by Crippen LogP contribution is 2.28. The van der Waals surface area contributed by atoms with Gasteiger partial charge < -0.3 is 4.90 Å². The fourth-order valence-electron chi connectivity index (χ4n) is 1.85. The Labute approximate surface area is 134 Å². The molecule has 1 amide bonds. The molecule has 0 aliphatic carbocycles. The minimum absolute atomic E-state index is 0.106. The summed E-state index contributed by atoms with van der Waals surface area (Å²) in [5.74, 6) is 0.500. The van der Waals surface area contributed by atoms with E-state index in [4.69, 9.17) is 0 Å². The largest absolute Gasteiger partial charge is 0.341 e. The second-order valence-corrected chi connectivity index (χ2v) is 7.14. The van der Waals surface area contributed by atoms with Gasteiger partial charge in [0.05, 0.1) is 16.0 Å². The Morgan fingerprint density at radius 3 is 3.05 bits per heavy atom. The monoisotopic (exact) mass is 335 g/mol. The Bertz CT molecular complexity index is 739. The highest BCUT2D eigenvalue weighted by molar-refractivity contribution is 8.00. The van der Waals surface area contributed by atoms with Crippen molar-refractivity contribution in [2.45, 2.75) is 11.6 Å². The van der Waals surface area contributed by atoms with Crippen LogP contribution in [0.1, 0.15) is 5.56 Å². The van der Waals surface area contributed by atoms with E-state index >= 15 is 0 Å². The third-order valence-electron chi connectivity index (χ3n) is 2.97. The van der Waals surface area contributed by atoms with Crippen LogP contribution in [0.3, 0.4) is 0 Å². The first kappa shape index (κ1) is 14.5. The lowest BCUT2D eigenvalue weighted by Gasteiger charge is -2.16. The molecule has 0 spiro atoms. The van der Waals surface area contributed by atoms with Crippen molar-refractivity contribution in [3.05, 3.63) is 40.2 Å². The van der Waals surface area contributed by atoms with Gasteiger partial charge in [-0.15, -0.1) is 11.3 Å². The summed E-state index contributed by atoms with van der Waals surface area (Å²) < 4.78 is 1.05. The number of nitrogens with zero attached hydrogens (tertiary/aromatic N) is 3. The molecule has 0 bridgehead atoms. The summed E-state index contributed by atoms with van der Waals surface area (Å²) in [6.07, 6.45) is 1.55. The fourth-order valence-corrected chi connectivity index (χ4v) is 4.40. The van der Waals surface area contributed by atoms with E-state index in [9.17, 15) is 4.79 Å². The number of fused-ring (bicyclic) bond motifs is 1. The minimum Gasteiger partial charge on any atom is -0.341 e. The average Bonchev–Trinajstić information content (AvgIpc) is 3.15. The molecule has 0 aliphatic heterocycles. The number of aromatic nitrogens is 2. The van der Waals surface area contributed by atoms with Crippen molar-refractivity contribution in [1.82, 2.24) is 14.9 Å². The van der Waals surface area contributed by atoms with Crippen LogP contribution in [0.25, 0.3) is 10.2 Å². The smallest absolute Gasteiger partial charge is 0.233 e. The van der Waals surface area contributed by atoms with E-state index in [0.717, 1.165) is 15.2 Å². The molecule has 108 valence electrons. The summed E-state index contributed by atoms with van der Waals surface area (Å²) in [5, 5.41) is 6.97. The molecule has 4 nitrogen and oxygen atoms in total. The molecule has 0 aromatic carbocycles. The molecule has 0 aliphatic rings. The van der Waals surface area contributed by atoms with E-state index < -0.39 is 0 Å². The normalized spacial score (nSPS) is 10.9. The Morgan fingerprint density at radius 1 is 1.33 bits per heavy atom. The van der Waals surface area contributed by atoms with Gasteiger partial charge in [0, 0.05) is 13.6 Å². The standard InChI is InChI=1S/C14H13N3OS3/c1-17(6-10-2-4-19-7-10)12(18)8-21-14-13-11(3-5-20-13)15-9-16-14/h2-5,7,9H,6,8H2,1H3. The average molecular weight is 335 g/mol. The maximum absolute atomic E-state index is 12.2. The quantitative estimate of drug-likeness (QED) is 0.529. The zero-order chi connectivity index (χ0) is 14.7. The van der Waals surface area contributed by atoms with Crippen LogP contribution in [-0.2, 0) is 11.3 Å². The van der Waals surface area contributed by atoms with Crippen LogP contribution in [-0.4, -0.2) is 33.6 Å². The van der Waals surface area contributed by atoms with Gasteiger partial charge in [0.15, 0.2) is 0 Å². The summed E-state index contributed by atoms with van der Waals surface area (Å²) >= 11 is 4.73. The maximum atomic E-state index is 12.2. The molecular weight excluding hydrogens is 322 g/mol. The number of hydrogen-bond acceptors (Lipinski definition) is 6. The number of thiophene rings is 2.